The van der Waals surface area contributed by atoms with E-state index in [1.807, 2.05) is 53.6 Å². The topological polar surface area (TPSA) is 62.2 Å². The lowest BCUT2D eigenvalue weighted by Crippen LogP contribution is -2.33. The van der Waals surface area contributed by atoms with Crippen molar-refractivity contribution in [2.24, 2.45) is 0 Å². The molecule has 0 saturated carbocycles. The highest BCUT2D eigenvalue weighted by Crippen LogP contribution is 2.39. The maximum absolute atomic E-state index is 13.2. The Morgan fingerprint density at radius 3 is 2.67 bits per heavy atom. The molecule has 0 spiro atoms. The summed E-state index contributed by atoms with van der Waals surface area (Å²) in [5.41, 5.74) is 3.45. The van der Waals surface area contributed by atoms with Crippen molar-refractivity contribution in [2.75, 3.05) is 11.9 Å². The fourth-order valence-electron chi connectivity index (χ4n) is 4.44. The van der Waals surface area contributed by atoms with Gasteiger partial charge in [0.05, 0.1) is 17.8 Å². The zero-order chi connectivity index (χ0) is 25.1. The van der Waals surface area contributed by atoms with Gasteiger partial charge < -0.3 is 20.1 Å². The molecule has 1 aliphatic heterocycles. The average Bonchev–Trinajstić information content (AvgIpc) is 3.49. The molecule has 0 aliphatic carbocycles. The molecule has 2 aromatic carbocycles. The Balaban J connectivity index is 1.44. The molecule has 182 valence electrons. The molecule has 0 radical (unpaired) electrons. The molecule has 36 heavy (non-hydrogen) atoms. The summed E-state index contributed by atoms with van der Waals surface area (Å²) in [7, 11) is 0. The molecular formula is C27H23BrFN5OS. The van der Waals surface area contributed by atoms with E-state index in [2.05, 4.69) is 48.2 Å². The standard InChI is InChI=1S/C27H23BrFN5OS/c28-18-5-3-6-21(17-18)33-15-4-8-23(33)26-25(22-7-1-2-14-30-22)32-27(36)34(26)16-13-24(35)31-20-11-9-19(29)10-12-20/h1-12,14-15,17,25-26H,13,16H2,(H,31,35)(H,32,36)/t25-,26-/m1/s1. The molecule has 4 aromatic rings. The SMILES string of the molecule is O=C(CCN1C(=S)N[C@H](c2ccccn2)[C@H]1c1cccn1-c1cccc(Br)c1)Nc1ccc(F)cc1. The van der Waals surface area contributed by atoms with Crippen molar-refractivity contribution in [3.63, 3.8) is 0 Å². The molecule has 2 atom stereocenters. The Labute approximate surface area is 222 Å². The molecule has 1 saturated heterocycles. The first-order valence-corrected chi connectivity index (χ1v) is 12.7. The number of anilines is 1. The van der Waals surface area contributed by atoms with Crippen molar-refractivity contribution in [1.82, 2.24) is 19.8 Å². The summed E-state index contributed by atoms with van der Waals surface area (Å²) in [5, 5.41) is 6.81. The Morgan fingerprint density at radius 1 is 1.08 bits per heavy atom. The van der Waals surface area contributed by atoms with Crippen LogP contribution in [-0.4, -0.2) is 32.0 Å². The maximum atomic E-state index is 13.2. The van der Waals surface area contributed by atoms with E-state index >= 15 is 0 Å². The third kappa shape index (κ3) is 5.17. The quantitative estimate of drug-likeness (QED) is 0.279. The van der Waals surface area contributed by atoms with Gasteiger partial charge in [0.1, 0.15) is 5.82 Å². The Bertz CT molecular complexity index is 1380. The van der Waals surface area contributed by atoms with Crippen molar-refractivity contribution in [3.8, 4) is 5.69 Å². The van der Waals surface area contributed by atoms with Gasteiger partial charge in [-0.3, -0.25) is 9.78 Å². The lowest BCUT2D eigenvalue weighted by Gasteiger charge is -2.29. The van der Waals surface area contributed by atoms with Gasteiger partial charge in [-0.2, -0.15) is 0 Å². The minimum atomic E-state index is -0.349. The number of hydrogen-bond donors (Lipinski definition) is 2. The van der Waals surface area contributed by atoms with Crippen LogP contribution in [0.5, 0.6) is 0 Å². The zero-order valence-electron chi connectivity index (χ0n) is 19.1. The third-order valence-electron chi connectivity index (χ3n) is 6.08. The molecule has 5 rings (SSSR count). The summed E-state index contributed by atoms with van der Waals surface area (Å²) in [5.74, 6) is -0.523. The first-order valence-electron chi connectivity index (χ1n) is 11.5. The van der Waals surface area contributed by atoms with E-state index < -0.39 is 0 Å². The van der Waals surface area contributed by atoms with Crippen LogP contribution < -0.4 is 10.6 Å². The predicted molar refractivity (Wildman–Crippen MR) is 145 cm³/mol. The van der Waals surface area contributed by atoms with Crippen molar-refractivity contribution < 1.29 is 9.18 Å². The number of halogens is 2. The minimum Gasteiger partial charge on any atom is -0.352 e. The number of pyridine rings is 1. The van der Waals surface area contributed by atoms with Crippen LogP contribution in [0, 0.1) is 5.82 Å². The van der Waals surface area contributed by atoms with Crippen molar-refractivity contribution in [3.05, 3.63) is 113 Å². The van der Waals surface area contributed by atoms with Gasteiger partial charge in [0, 0.05) is 46.9 Å². The molecule has 2 aromatic heterocycles. The Kier molecular flexibility index (Phi) is 7.11. The summed E-state index contributed by atoms with van der Waals surface area (Å²) in [6, 6.07) is 23.3. The van der Waals surface area contributed by atoms with Crippen molar-refractivity contribution >= 4 is 44.9 Å². The number of hydrogen-bond acceptors (Lipinski definition) is 3. The van der Waals surface area contributed by atoms with Crippen LogP contribution in [-0.2, 0) is 4.79 Å². The van der Waals surface area contributed by atoms with Gasteiger partial charge in [0.15, 0.2) is 5.11 Å². The summed E-state index contributed by atoms with van der Waals surface area (Å²) >= 11 is 9.31. The lowest BCUT2D eigenvalue weighted by atomic mass is 10.0. The first kappa shape index (κ1) is 24.1. The lowest BCUT2D eigenvalue weighted by molar-refractivity contribution is -0.116. The Morgan fingerprint density at radius 2 is 1.92 bits per heavy atom. The summed E-state index contributed by atoms with van der Waals surface area (Å²) in [4.78, 5) is 19.3. The molecular weight excluding hydrogens is 541 g/mol. The molecule has 0 unspecified atom stereocenters. The molecule has 6 nitrogen and oxygen atoms in total. The number of benzene rings is 2. The van der Waals surface area contributed by atoms with E-state index in [1.54, 1.807) is 18.3 Å². The second-order valence-electron chi connectivity index (χ2n) is 8.41. The number of nitrogens with zero attached hydrogens (tertiary/aromatic N) is 3. The maximum Gasteiger partial charge on any atom is 0.226 e. The highest BCUT2D eigenvalue weighted by Gasteiger charge is 2.41. The number of carbonyl (C=O) groups excluding carboxylic acids is 1. The van der Waals surface area contributed by atoms with E-state index in [4.69, 9.17) is 12.2 Å². The smallest absolute Gasteiger partial charge is 0.226 e. The van der Waals surface area contributed by atoms with Crippen molar-refractivity contribution in [1.29, 1.82) is 0 Å². The summed E-state index contributed by atoms with van der Waals surface area (Å²) in [6.07, 6.45) is 4.00. The predicted octanol–water partition coefficient (Wildman–Crippen LogP) is 5.78. The molecule has 9 heteroatoms. The van der Waals surface area contributed by atoms with Crippen LogP contribution in [0.4, 0.5) is 10.1 Å². The van der Waals surface area contributed by atoms with Gasteiger partial charge in [0.25, 0.3) is 0 Å². The number of thiocarbonyl (C=S) groups is 1. The van der Waals surface area contributed by atoms with Crippen molar-refractivity contribution in [2.45, 2.75) is 18.5 Å². The van der Waals surface area contributed by atoms with Gasteiger partial charge >= 0.3 is 0 Å². The number of aromatic nitrogens is 2. The van der Waals surface area contributed by atoms with Gasteiger partial charge in [-0.05, 0) is 78.9 Å². The second kappa shape index (κ2) is 10.6. The van der Waals surface area contributed by atoms with Gasteiger partial charge in [-0.25, -0.2) is 4.39 Å². The fraction of sp³-hybridized carbons (Fsp3) is 0.148. The molecule has 1 fully saturated rings. The minimum absolute atomic E-state index is 0.174. The largest absolute Gasteiger partial charge is 0.352 e. The molecule has 2 N–H and O–H groups in total. The summed E-state index contributed by atoms with van der Waals surface area (Å²) < 4.78 is 16.3. The van der Waals surface area contributed by atoms with Crippen LogP contribution >= 0.6 is 28.1 Å². The average molecular weight is 564 g/mol. The first-order chi connectivity index (χ1) is 17.5. The number of nitrogens with one attached hydrogen (secondary N) is 2. The highest BCUT2D eigenvalue weighted by molar-refractivity contribution is 9.10. The van der Waals surface area contributed by atoms with Gasteiger partial charge in [-0.15, -0.1) is 0 Å². The van der Waals surface area contributed by atoms with E-state index in [9.17, 15) is 9.18 Å². The number of carbonyl (C=O) groups is 1. The van der Waals surface area contributed by atoms with Gasteiger partial charge in [0.2, 0.25) is 5.91 Å². The van der Waals surface area contributed by atoms with E-state index in [-0.39, 0.29) is 30.2 Å². The fourth-order valence-corrected chi connectivity index (χ4v) is 5.16. The van der Waals surface area contributed by atoms with Crippen LogP contribution in [0.1, 0.15) is 29.9 Å². The third-order valence-corrected chi connectivity index (χ3v) is 6.92. The number of rotatable bonds is 7. The van der Waals surface area contributed by atoms with E-state index in [0.29, 0.717) is 17.3 Å². The van der Waals surface area contributed by atoms with Crippen LogP contribution in [0.25, 0.3) is 5.69 Å². The Hall–Kier alpha value is -3.56. The molecule has 0 bridgehead atoms. The molecule has 1 amide bonds. The van der Waals surface area contributed by atoms with E-state index in [0.717, 1.165) is 21.5 Å². The van der Waals surface area contributed by atoms with Crippen LogP contribution in [0.3, 0.4) is 0 Å². The normalized spacial score (nSPS) is 17.2. The summed E-state index contributed by atoms with van der Waals surface area (Å²) in [6.45, 7) is 0.399. The number of amides is 1. The zero-order valence-corrected chi connectivity index (χ0v) is 21.5. The highest BCUT2D eigenvalue weighted by atomic mass is 79.9. The van der Waals surface area contributed by atoms with E-state index in [1.165, 1.54) is 12.1 Å². The van der Waals surface area contributed by atoms with Gasteiger partial charge in [-0.1, -0.05) is 28.1 Å². The monoisotopic (exact) mass is 563 g/mol. The molecule has 3 heterocycles. The molecule has 1 aliphatic rings. The van der Waals surface area contributed by atoms with Crippen LogP contribution in [0.15, 0.2) is 95.7 Å². The van der Waals surface area contributed by atoms with Crippen LogP contribution in [0.2, 0.25) is 0 Å². The second-order valence-corrected chi connectivity index (χ2v) is 9.71.